The largest absolute Gasteiger partial charge is 0.492 e. The molecule has 0 unspecified atom stereocenters. The van der Waals surface area contributed by atoms with Crippen LogP contribution < -0.4 is 15.4 Å². The highest BCUT2D eigenvalue weighted by atomic mass is 35.5. The Hall–Kier alpha value is -2.71. The van der Waals surface area contributed by atoms with Crippen molar-refractivity contribution in [1.29, 1.82) is 0 Å². The minimum Gasteiger partial charge on any atom is -0.492 e. The van der Waals surface area contributed by atoms with Crippen molar-refractivity contribution in [3.8, 4) is 5.75 Å². The first-order chi connectivity index (χ1) is 14.5. The van der Waals surface area contributed by atoms with E-state index < -0.39 is 11.9 Å². The third-order valence-corrected chi connectivity index (χ3v) is 5.14. The first-order valence-electron chi connectivity index (χ1n) is 9.79. The Labute approximate surface area is 179 Å². The molecule has 160 valence electrons. The van der Waals surface area contributed by atoms with E-state index in [1.807, 2.05) is 6.07 Å². The summed E-state index contributed by atoms with van der Waals surface area (Å²) in [6.45, 7) is 1.97. The minimum absolute atomic E-state index is 0.0125. The van der Waals surface area contributed by atoms with Crippen LogP contribution in [0.3, 0.4) is 0 Å². The first-order valence-corrected chi connectivity index (χ1v) is 10.2. The third-order valence-electron chi connectivity index (χ3n) is 4.79. The topological polar surface area (TPSA) is 83.6 Å². The lowest BCUT2D eigenvalue weighted by atomic mass is 10.1. The number of nitrogens with one attached hydrogen (secondary N) is 2. The molecule has 1 fully saturated rings. The Morgan fingerprint density at radius 1 is 1.37 bits per heavy atom. The Morgan fingerprint density at radius 3 is 3.00 bits per heavy atom. The fourth-order valence-electron chi connectivity index (χ4n) is 3.23. The van der Waals surface area contributed by atoms with E-state index in [-0.39, 0.29) is 24.8 Å². The highest BCUT2D eigenvalue weighted by Gasteiger charge is 2.32. The molecule has 0 saturated carbocycles. The number of rotatable bonds is 9. The molecule has 30 heavy (non-hydrogen) atoms. The number of hydrogen-bond acceptors (Lipinski definition) is 5. The summed E-state index contributed by atoms with van der Waals surface area (Å²) in [5.41, 5.74) is 0.326. The maximum absolute atomic E-state index is 14.1. The smallest absolute Gasteiger partial charge is 0.237 e. The van der Waals surface area contributed by atoms with Gasteiger partial charge in [0.1, 0.15) is 11.6 Å². The van der Waals surface area contributed by atoms with E-state index in [9.17, 15) is 14.0 Å². The van der Waals surface area contributed by atoms with Gasteiger partial charge >= 0.3 is 0 Å². The zero-order valence-electron chi connectivity index (χ0n) is 16.4. The normalized spacial score (nSPS) is 16.7. The summed E-state index contributed by atoms with van der Waals surface area (Å²) in [4.78, 5) is 30.4. The van der Waals surface area contributed by atoms with Crippen molar-refractivity contribution < 1.29 is 18.7 Å². The van der Waals surface area contributed by atoms with Crippen LogP contribution >= 0.6 is 11.6 Å². The molecule has 0 bridgehead atoms. The highest BCUT2D eigenvalue weighted by molar-refractivity contribution is 6.31. The number of benzene rings is 1. The molecule has 1 saturated heterocycles. The summed E-state index contributed by atoms with van der Waals surface area (Å²) < 4.78 is 19.7. The van der Waals surface area contributed by atoms with Crippen LogP contribution in [0.15, 0.2) is 42.7 Å². The fraction of sp³-hybridized carbons (Fsp3) is 0.381. The Bertz CT molecular complexity index is 848. The van der Waals surface area contributed by atoms with E-state index >= 15 is 0 Å². The molecule has 2 N–H and O–H groups in total. The lowest BCUT2D eigenvalue weighted by molar-refractivity contribution is -0.134. The SMILES string of the molecule is O=C(C[C@@H]1C(=O)NCCN1Cc1c(F)cccc1Cl)NCCCOc1cccnc1. The van der Waals surface area contributed by atoms with Crippen LogP contribution in [0.2, 0.25) is 5.02 Å². The lowest BCUT2D eigenvalue weighted by Crippen LogP contribution is -2.56. The molecule has 1 atom stereocenters. The number of pyridine rings is 1. The second-order valence-corrected chi connectivity index (χ2v) is 7.33. The van der Waals surface area contributed by atoms with Crippen molar-refractivity contribution in [2.45, 2.75) is 25.4 Å². The molecule has 0 radical (unpaired) electrons. The van der Waals surface area contributed by atoms with Gasteiger partial charge in [0.2, 0.25) is 11.8 Å². The minimum atomic E-state index is -0.680. The number of carbonyl (C=O) groups is 2. The summed E-state index contributed by atoms with van der Waals surface area (Å²) >= 11 is 6.12. The molecular weight excluding hydrogens is 411 g/mol. The molecule has 0 spiro atoms. The Balaban J connectivity index is 1.48. The van der Waals surface area contributed by atoms with Gasteiger partial charge in [-0.15, -0.1) is 0 Å². The predicted octanol–water partition coefficient (Wildman–Crippen LogP) is 2.15. The van der Waals surface area contributed by atoms with Crippen molar-refractivity contribution in [3.05, 3.63) is 59.1 Å². The summed E-state index contributed by atoms with van der Waals surface area (Å²) in [6, 6.07) is 7.39. The molecule has 1 aromatic heterocycles. The van der Waals surface area contributed by atoms with Gasteiger partial charge in [0, 0.05) is 43.0 Å². The average Bonchev–Trinajstić information content (AvgIpc) is 2.73. The summed E-state index contributed by atoms with van der Waals surface area (Å²) in [5.74, 6) is -0.248. The van der Waals surface area contributed by atoms with Crippen LogP contribution in [0.4, 0.5) is 4.39 Å². The number of nitrogens with zero attached hydrogens (tertiary/aromatic N) is 2. The molecule has 3 rings (SSSR count). The van der Waals surface area contributed by atoms with Crippen molar-refractivity contribution in [2.75, 3.05) is 26.2 Å². The number of piperazine rings is 1. The van der Waals surface area contributed by atoms with Crippen LogP contribution in [-0.2, 0) is 16.1 Å². The van der Waals surface area contributed by atoms with E-state index in [1.54, 1.807) is 29.4 Å². The van der Waals surface area contributed by atoms with Crippen LogP contribution in [0.25, 0.3) is 0 Å². The maximum Gasteiger partial charge on any atom is 0.237 e. The molecule has 2 amide bonds. The monoisotopic (exact) mass is 434 g/mol. The summed E-state index contributed by atoms with van der Waals surface area (Å²) in [7, 11) is 0. The summed E-state index contributed by atoms with van der Waals surface area (Å²) in [5, 5.41) is 5.87. The predicted molar refractivity (Wildman–Crippen MR) is 111 cm³/mol. The van der Waals surface area contributed by atoms with E-state index in [1.165, 1.54) is 12.1 Å². The van der Waals surface area contributed by atoms with Crippen molar-refractivity contribution in [3.63, 3.8) is 0 Å². The van der Waals surface area contributed by atoms with Crippen molar-refractivity contribution >= 4 is 23.4 Å². The molecule has 2 aromatic rings. The number of hydrogen-bond donors (Lipinski definition) is 2. The van der Waals surface area contributed by atoms with E-state index in [4.69, 9.17) is 16.3 Å². The number of ether oxygens (including phenoxy) is 1. The quantitative estimate of drug-likeness (QED) is 0.591. The molecular formula is C21H24ClFN4O3. The molecule has 2 heterocycles. The molecule has 1 aromatic carbocycles. The zero-order chi connectivity index (χ0) is 21.3. The first kappa shape index (κ1) is 22.0. The standard InChI is InChI=1S/C21H24ClFN4O3/c22-17-5-1-6-18(23)16(17)14-27-10-9-26-21(29)19(27)12-20(28)25-8-3-11-30-15-4-2-7-24-13-15/h1-2,4-7,13,19H,3,8-12,14H2,(H,25,28)(H,26,29)/t19-/m1/s1. The van der Waals surface area contributed by atoms with Gasteiger partial charge in [-0.25, -0.2) is 4.39 Å². The van der Waals surface area contributed by atoms with Crippen molar-refractivity contribution in [2.24, 2.45) is 0 Å². The number of halogens is 2. The van der Waals surface area contributed by atoms with Crippen LogP contribution in [0.1, 0.15) is 18.4 Å². The molecule has 9 heteroatoms. The number of aromatic nitrogens is 1. The number of amides is 2. The van der Waals surface area contributed by atoms with E-state index in [2.05, 4.69) is 15.6 Å². The van der Waals surface area contributed by atoms with Crippen molar-refractivity contribution in [1.82, 2.24) is 20.5 Å². The maximum atomic E-state index is 14.1. The molecule has 1 aliphatic rings. The van der Waals surface area contributed by atoms with Gasteiger partial charge in [-0.05, 0) is 30.7 Å². The van der Waals surface area contributed by atoms with E-state index in [0.717, 1.165) is 0 Å². The highest BCUT2D eigenvalue weighted by Crippen LogP contribution is 2.23. The van der Waals surface area contributed by atoms with Gasteiger partial charge < -0.3 is 15.4 Å². The van der Waals surface area contributed by atoms with Gasteiger partial charge in [0.05, 0.1) is 25.3 Å². The molecule has 1 aliphatic heterocycles. The zero-order valence-corrected chi connectivity index (χ0v) is 17.2. The van der Waals surface area contributed by atoms with Crippen LogP contribution in [-0.4, -0.2) is 54.0 Å². The Morgan fingerprint density at radius 2 is 2.23 bits per heavy atom. The van der Waals surface area contributed by atoms with Gasteiger partial charge in [0.15, 0.2) is 0 Å². The van der Waals surface area contributed by atoms with E-state index in [0.29, 0.717) is 49.0 Å². The fourth-order valence-corrected chi connectivity index (χ4v) is 3.45. The molecule has 0 aliphatic carbocycles. The van der Waals surface area contributed by atoms with Gasteiger partial charge in [0.25, 0.3) is 0 Å². The average molecular weight is 435 g/mol. The van der Waals surface area contributed by atoms with Gasteiger partial charge in [-0.3, -0.25) is 19.5 Å². The van der Waals surface area contributed by atoms with Gasteiger partial charge in [-0.1, -0.05) is 17.7 Å². The van der Waals surface area contributed by atoms with Crippen LogP contribution in [0, 0.1) is 5.82 Å². The van der Waals surface area contributed by atoms with Gasteiger partial charge in [-0.2, -0.15) is 0 Å². The summed E-state index contributed by atoms with van der Waals surface area (Å²) in [6.07, 6.45) is 3.89. The molecule has 7 nitrogen and oxygen atoms in total. The van der Waals surface area contributed by atoms with Crippen LogP contribution in [0.5, 0.6) is 5.75 Å². The number of carbonyl (C=O) groups excluding carboxylic acids is 2. The second kappa shape index (κ2) is 10.9. The second-order valence-electron chi connectivity index (χ2n) is 6.92. The Kier molecular flexibility index (Phi) is 7.98. The lowest BCUT2D eigenvalue weighted by Gasteiger charge is -2.35. The third kappa shape index (κ3) is 6.14.